The predicted octanol–water partition coefficient (Wildman–Crippen LogP) is 21.6. The lowest BCUT2D eigenvalue weighted by atomic mass is 9.86. The summed E-state index contributed by atoms with van der Waals surface area (Å²) < 4.78 is 7.77. The summed E-state index contributed by atoms with van der Waals surface area (Å²) in [6, 6.07) is 81.8. The van der Waals surface area contributed by atoms with Crippen LogP contribution in [0.15, 0.2) is 248 Å². The van der Waals surface area contributed by atoms with Gasteiger partial charge in [0, 0.05) is 72.4 Å². The van der Waals surface area contributed by atoms with Crippen LogP contribution in [0.5, 0.6) is 0 Å². The van der Waals surface area contributed by atoms with Crippen molar-refractivity contribution >= 4 is 66.2 Å². The number of allylic oxidation sites excluding steroid dienone is 5. The molecule has 0 unspecified atom stereocenters. The second-order valence-corrected chi connectivity index (χ2v) is 25.4. The fourth-order valence-electron chi connectivity index (χ4n) is 14.7. The Hall–Kier alpha value is -11.3. The maximum Gasteiger partial charge on any atom is 0.164 e. The van der Waals surface area contributed by atoms with Crippen LogP contribution in [0.2, 0.25) is 0 Å². The maximum atomic E-state index is 6.06. The van der Waals surface area contributed by atoms with Crippen molar-refractivity contribution < 1.29 is 0 Å². The second kappa shape index (κ2) is 21.7. The smallest absolute Gasteiger partial charge is 0.164 e. The minimum Gasteiger partial charge on any atom is -0.311 e. The Bertz CT molecular complexity index is 5410. The summed E-state index contributed by atoms with van der Waals surface area (Å²) in [5.41, 5.74) is 29.0. The summed E-state index contributed by atoms with van der Waals surface area (Å²) >= 11 is 0. The Kier molecular flexibility index (Phi) is 13.0. The molecule has 10 aromatic carbocycles. The fraction of sp³-hybridized carbons (Fsp3) is 0.106. The quantitative estimate of drug-likeness (QED) is 0.137. The standard InChI is InChI=1S/C85H65N7/c1-51-32-37-72-62(42-51)63-43-52(2)33-38-73(63)90(72)81-78(61-30-20-11-21-31-61)82(92-76-41-36-55(5)46-66(76)67-47-56(6)48-77(67)92)80(85-88-70(59-26-16-9-17-27-59)50-71(89-85)60-28-18-10-19-29-60)83(91-74-39-34-53(3)44-64(74)65-45-54(4)35-40-75(65)91)79(81)84-86-68(57-22-12-7-13-23-57)49-69(87-84)58-24-14-8-15-25-58/h7-20,22-30,32-47,49-50H,21,31,48H2,1-6H3. The molecule has 0 radical (unpaired) electrons. The van der Waals surface area contributed by atoms with E-state index in [0.717, 1.165) is 136 Å². The molecule has 15 aromatic rings. The Morgan fingerprint density at radius 3 is 1.03 bits per heavy atom. The summed E-state index contributed by atoms with van der Waals surface area (Å²) in [6.07, 6.45) is 11.7. The summed E-state index contributed by atoms with van der Waals surface area (Å²) in [6.45, 7) is 13.3. The van der Waals surface area contributed by atoms with Gasteiger partial charge in [0.1, 0.15) is 0 Å². The van der Waals surface area contributed by atoms with Crippen molar-refractivity contribution in [2.45, 2.75) is 60.8 Å². The monoisotopic (exact) mass is 1180 g/mol. The van der Waals surface area contributed by atoms with E-state index in [1.165, 1.54) is 66.4 Å². The molecule has 0 aliphatic heterocycles. The lowest BCUT2D eigenvalue weighted by Gasteiger charge is -2.31. The van der Waals surface area contributed by atoms with Gasteiger partial charge in [0.15, 0.2) is 11.6 Å². The van der Waals surface area contributed by atoms with Crippen LogP contribution >= 0.6 is 0 Å². The molecule has 17 rings (SSSR count). The van der Waals surface area contributed by atoms with Gasteiger partial charge in [-0.25, -0.2) is 19.9 Å². The number of rotatable bonds is 10. The second-order valence-electron chi connectivity index (χ2n) is 25.4. The largest absolute Gasteiger partial charge is 0.311 e. The van der Waals surface area contributed by atoms with E-state index in [1.807, 2.05) is 0 Å². The highest BCUT2D eigenvalue weighted by atomic mass is 15.1. The molecule has 440 valence electrons. The molecule has 2 aliphatic carbocycles. The van der Waals surface area contributed by atoms with Crippen LogP contribution in [-0.4, -0.2) is 33.6 Å². The Balaban J connectivity index is 1.23. The van der Waals surface area contributed by atoms with Gasteiger partial charge in [-0.3, -0.25) is 0 Å². The third-order valence-electron chi connectivity index (χ3n) is 18.9. The number of fused-ring (bicyclic) bond motifs is 9. The Morgan fingerprint density at radius 2 is 0.674 bits per heavy atom. The van der Waals surface area contributed by atoms with Crippen LogP contribution in [0.3, 0.4) is 0 Å². The van der Waals surface area contributed by atoms with Crippen LogP contribution in [0.1, 0.15) is 64.4 Å². The molecule has 92 heavy (non-hydrogen) atoms. The van der Waals surface area contributed by atoms with Crippen LogP contribution < -0.4 is 0 Å². The van der Waals surface area contributed by atoms with Gasteiger partial charge in [0.05, 0.1) is 78.5 Å². The summed E-state index contributed by atoms with van der Waals surface area (Å²) in [4.78, 5) is 24.2. The first kappa shape index (κ1) is 54.8. The number of hydrogen-bond acceptors (Lipinski definition) is 4. The van der Waals surface area contributed by atoms with E-state index in [0.29, 0.717) is 11.6 Å². The highest BCUT2D eigenvalue weighted by molar-refractivity contribution is 6.16. The van der Waals surface area contributed by atoms with E-state index in [-0.39, 0.29) is 0 Å². The highest BCUT2D eigenvalue weighted by Gasteiger charge is 2.38. The zero-order chi connectivity index (χ0) is 61.9. The van der Waals surface area contributed by atoms with Crippen molar-refractivity contribution in [2.75, 3.05) is 0 Å². The molecule has 7 nitrogen and oxygen atoms in total. The van der Waals surface area contributed by atoms with Crippen molar-refractivity contribution in [3.05, 3.63) is 293 Å². The zero-order valence-corrected chi connectivity index (χ0v) is 52.4. The molecular weight excluding hydrogens is 1120 g/mol. The molecule has 5 heterocycles. The van der Waals surface area contributed by atoms with Gasteiger partial charge < -0.3 is 13.7 Å². The zero-order valence-electron chi connectivity index (χ0n) is 52.4. The van der Waals surface area contributed by atoms with Crippen molar-refractivity contribution in [2.24, 2.45) is 0 Å². The summed E-state index contributed by atoms with van der Waals surface area (Å²) in [7, 11) is 0. The molecule has 5 aromatic heterocycles. The number of nitrogens with zero attached hydrogens (tertiary/aromatic N) is 7. The third kappa shape index (κ3) is 9.01. The van der Waals surface area contributed by atoms with Gasteiger partial charge in [-0.1, -0.05) is 209 Å². The van der Waals surface area contributed by atoms with E-state index in [2.05, 4.69) is 304 Å². The van der Waals surface area contributed by atoms with Gasteiger partial charge in [-0.2, -0.15) is 0 Å². The fourth-order valence-corrected chi connectivity index (χ4v) is 14.7. The average Bonchev–Trinajstić information content (AvgIpc) is 1.39. The number of hydrogen-bond donors (Lipinski definition) is 0. The van der Waals surface area contributed by atoms with Gasteiger partial charge in [-0.05, 0) is 133 Å². The lowest BCUT2D eigenvalue weighted by molar-refractivity contribution is 0.963. The molecule has 0 atom stereocenters. The van der Waals surface area contributed by atoms with Gasteiger partial charge in [-0.15, -0.1) is 0 Å². The third-order valence-corrected chi connectivity index (χ3v) is 18.9. The van der Waals surface area contributed by atoms with Crippen molar-refractivity contribution in [3.63, 3.8) is 0 Å². The van der Waals surface area contributed by atoms with E-state index in [4.69, 9.17) is 19.9 Å². The number of aryl methyl sites for hydroxylation is 5. The molecule has 0 saturated carbocycles. The van der Waals surface area contributed by atoms with E-state index in [1.54, 1.807) is 0 Å². The van der Waals surface area contributed by atoms with Crippen molar-refractivity contribution in [1.29, 1.82) is 0 Å². The molecule has 0 amide bonds. The maximum absolute atomic E-state index is 6.06. The van der Waals surface area contributed by atoms with Crippen LogP contribution in [0.25, 0.3) is 151 Å². The minimum atomic E-state index is 0.567. The molecule has 0 bridgehead atoms. The number of benzene rings is 10. The predicted molar refractivity (Wildman–Crippen MR) is 383 cm³/mol. The van der Waals surface area contributed by atoms with Crippen molar-refractivity contribution in [3.8, 4) is 84.9 Å². The van der Waals surface area contributed by atoms with E-state index < -0.39 is 0 Å². The number of aromatic nitrogens is 7. The van der Waals surface area contributed by atoms with Crippen LogP contribution in [0.4, 0.5) is 0 Å². The van der Waals surface area contributed by atoms with Crippen LogP contribution in [-0.2, 0) is 6.42 Å². The molecule has 0 saturated heterocycles. The Labute approximate surface area is 535 Å². The first-order valence-electron chi connectivity index (χ1n) is 32.0. The van der Waals surface area contributed by atoms with E-state index in [9.17, 15) is 0 Å². The van der Waals surface area contributed by atoms with Gasteiger partial charge >= 0.3 is 0 Å². The molecule has 2 aliphatic rings. The Morgan fingerprint density at radius 1 is 0.337 bits per heavy atom. The summed E-state index contributed by atoms with van der Waals surface area (Å²) in [5.74, 6) is 1.14. The molecule has 0 spiro atoms. The topological polar surface area (TPSA) is 66.3 Å². The van der Waals surface area contributed by atoms with Crippen molar-refractivity contribution in [1.82, 2.24) is 33.6 Å². The SMILES string of the molecule is CC1=Cc2c(n(-c3c(C4=CC=CCC4)c(-n4c5ccc(C)cc5c5cc(C)ccc54)c(-c4nc(-c5ccccc5)cc(-c5ccccc5)n4)c(-n4c5ccc(C)cc5c5cc(C)ccc54)c3-c3nc(-c4ccccc4)cc(-c4ccccc4)n3)c3ccc(C)cc23)C1. The van der Waals surface area contributed by atoms with E-state index >= 15 is 0 Å². The normalized spacial score (nSPS) is 13.1. The summed E-state index contributed by atoms with van der Waals surface area (Å²) in [5, 5.41) is 5.84. The van der Waals surface area contributed by atoms with Gasteiger partial charge in [0.2, 0.25) is 0 Å². The first-order valence-corrected chi connectivity index (χ1v) is 32.0. The molecule has 0 fully saturated rings. The average molecular weight is 1180 g/mol. The van der Waals surface area contributed by atoms with Gasteiger partial charge in [0.25, 0.3) is 0 Å². The lowest BCUT2D eigenvalue weighted by Crippen LogP contribution is -2.17. The minimum absolute atomic E-state index is 0.567. The van der Waals surface area contributed by atoms with Crippen LogP contribution in [0, 0.1) is 34.6 Å². The molecule has 0 N–H and O–H groups in total. The molecule has 7 heteroatoms. The highest BCUT2D eigenvalue weighted by Crippen LogP contribution is 2.55. The first-order chi connectivity index (χ1) is 45.1. The molecular formula is C85H65N7.